The van der Waals surface area contributed by atoms with E-state index in [1.54, 1.807) is 0 Å². The second kappa shape index (κ2) is 12.5. The van der Waals surface area contributed by atoms with Crippen molar-refractivity contribution < 1.29 is 99.7 Å². The third kappa shape index (κ3) is 10.2. The molecule has 0 aliphatic carbocycles. The molecule has 2 heterocycles. The minimum Gasteiger partial charge on any atom is -0.479 e. The number of aliphatic hydroxyl groups is 3. The van der Waals surface area contributed by atoms with Gasteiger partial charge in [-0.3, -0.25) is 18.2 Å². The van der Waals surface area contributed by atoms with E-state index in [1.807, 2.05) is 0 Å². The number of ether oxygens (including phenoxy) is 3. The van der Waals surface area contributed by atoms with E-state index in [-0.39, 0.29) is 0 Å². The molecule has 10 atom stereocenters. The van der Waals surface area contributed by atoms with Crippen LogP contribution in [0.25, 0.3) is 0 Å². The van der Waals surface area contributed by atoms with Crippen LogP contribution < -0.4 is 9.44 Å². The van der Waals surface area contributed by atoms with Crippen LogP contribution in [0.5, 0.6) is 0 Å². The molecule has 0 bridgehead atoms. The highest BCUT2D eigenvalue weighted by atomic mass is 32.3. The second-order valence-electron chi connectivity index (χ2n) is 7.85. The van der Waals surface area contributed by atoms with Crippen molar-refractivity contribution in [2.24, 2.45) is 0 Å². The molecular formula is C12H22N2O22S4. The number of hydrogen-bond donors (Lipinski definition) is 10. The molecule has 24 nitrogen and oxygen atoms in total. The number of carboxylic acid groups (broad SMARTS) is 1. The molecule has 0 aromatic carbocycles. The first-order valence-corrected chi connectivity index (χ1v) is 15.5. The summed E-state index contributed by atoms with van der Waals surface area (Å²) < 4.78 is 152. The summed E-state index contributed by atoms with van der Waals surface area (Å²) in [5, 5.41) is 40.3. The van der Waals surface area contributed by atoms with Crippen LogP contribution in [0.4, 0.5) is 0 Å². The fourth-order valence-electron chi connectivity index (χ4n) is 3.55. The van der Waals surface area contributed by atoms with Gasteiger partial charge >= 0.3 is 47.4 Å². The standard InChI is InChI=1S/C12H22N2O22S4/c15-5-2(1-32-39(26,27)28)33-12(4(14-38(23,24)25)7(5)36-40(29,30)31)35-8-6(16)3(13-37(20,21)22)11(19)34-9(8)10(17)18/h2-9,11-16,19H,1H2,(H,17,18)(H,20,21,22)(H,23,24,25)(H,26,27,28)(H,29,30,31)/t2-,3-,4-,5-,6-,7-,8+,9-,11-,12-/m1/s1. The highest BCUT2D eigenvalue weighted by Crippen LogP contribution is 2.31. The maximum Gasteiger partial charge on any atom is 0.397 e. The first-order valence-electron chi connectivity index (χ1n) is 9.89. The lowest BCUT2D eigenvalue weighted by Crippen LogP contribution is -2.70. The molecule has 0 radical (unpaired) electrons. The Hall–Kier alpha value is -1.29. The van der Waals surface area contributed by atoms with E-state index >= 15 is 0 Å². The summed E-state index contributed by atoms with van der Waals surface area (Å²) in [5.41, 5.74) is 0. The maximum atomic E-state index is 11.7. The Bertz CT molecular complexity index is 1350. The zero-order valence-corrected chi connectivity index (χ0v) is 22.2. The predicted octanol–water partition coefficient (Wildman–Crippen LogP) is -6.85. The number of carboxylic acids is 1. The minimum absolute atomic E-state index is 1.25. The third-order valence-electron chi connectivity index (χ3n) is 4.99. The molecule has 0 aromatic rings. The molecule has 0 amide bonds. The van der Waals surface area contributed by atoms with E-state index in [2.05, 4.69) is 13.1 Å². The smallest absolute Gasteiger partial charge is 0.397 e. The van der Waals surface area contributed by atoms with Gasteiger partial charge in [0.25, 0.3) is 0 Å². The Morgan fingerprint density at radius 1 is 0.750 bits per heavy atom. The molecule has 0 unspecified atom stereocenters. The summed E-state index contributed by atoms with van der Waals surface area (Å²) in [6, 6.07) is -4.85. The fourth-order valence-corrected chi connectivity index (χ4v) is 5.55. The van der Waals surface area contributed by atoms with Crippen molar-refractivity contribution in [1.29, 1.82) is 0 Å². The van der Waals surface area contributed by atoms with Gasteiger partial charge in [0.15, 0.2) is 18.7 Å². The fraction of sp³-hybridized carbons (Fsp3) is 0.917. The van der Waals surface area contributed by atoms with Crippen LogP contribution in [-0.2, 0) is 68.8 Å². The van der Waals surface area contributed by atoms with Crippen molar-refractivity contribution in [3.05, 3.63) is 0 Å². The molecule has 28 heteroatoms. The molecular weight excluding hydrogens is 652 g/mol. The Balaban J connectivity index is 2.59. The third-order valence-corrected chi connectivity index (χ3v) is 7.03. The largest absolute Gasteiger partial charge is 0.479 e. The van der Waals surface area contributed by atoms with Crippen molar-refractivity contribution >= 4 is 47.4 Å². The molecule has 40 heavy (non-hydrogen) atoms. The summed E-state index contributed by atoms with van der Waals surface area (Å²) in [4.78, 5) is 11.7. The summed E-state index contributed by atoms with van der Waals surface area (Å²) in [5.74, 6) is -2.04. The molecule has 2 saturated heterocycles. The topological polar surface area (TPSA) is 386 Å². The van der Waals surface area contributed by atoms with Crippen molar-refractivity contribution in [3.8, 4) is 0 Å². The van der Waals surface area contributed by atoms with Crippen molar-refractivity contribution in [2.75, 3.05) is 6.61 Å². The summed E-state index contributed by atoms with van der Waals surface area (Å²) in [7, 11) is -21.6. The van der Waals surface area contributed by atoms with Crippen LogP contribution in [0, 0.1) is 0 Å². The molecule has 236 valence electrons. The van der Waals surface area contributed by atoms with Crippen LogP contribution >= 0.6 is 0 Å². The van der Waals surface area contributed by atoms with Crippen LogP contribution in [0.3, 0.4) is 0 Å². The first kappa shape index (κ1) is 34.9. The van der Waals surface area contributed by atoms with Gasteiger partial charge in [0.2, 0.25) is 0 Å². The molecule has 0 spiro atoms. The van der Waals surface area contributed by atoms with Gasteiger partial charge in [-0.15, -0.1) is 0 Å². The number of hydrogen-bond acceptors (Lipinski definition) is 17. The number of aliphatic hydroxyl groups excluding tert-OH is 3. The van der Waals surface area contributed by atoms with Crippen molar-refractivity contribution in [3.63, 3.8) is 0 Å². The normalized spacial score (nSPS) is 36.3. The van der Waals surface area contributed by atoms with E-state index in [1.165, 1.54) is 9.44 Å². The summed E-state index contributed by atoms with van der Waals surface area (Å²) >= 11 is 0. The molecule has 0 saturated carbocycles. The van der Waals surface area contributed by atoms with E-state index in [0.717, 1.165) is 0 Å². The van der Waals surface area contributed by atoms with Crippen LogP contribution in [0.2, 0.25) is 0 Å². The summed E-state index contributed by atoms with van der Waals surface area (Å²) in [6.07, 6.45) is -20.0. The van der Waals surface area contributed by atoms with Gasteiger partial charge in [-0.2, -0.15) is 43.1 Å². The molecule has 0 aromatic heterocycles. The average Bonchev–Trinajstić information content (AvgIpc) is 2.73. The number of rotatable bonds is 12. The molecule has 2 aliphatic rings. The zero-order valence-electron chi connectivity index (χ0n) is 18.9. The van der Waals surface area contributed by atoms with E-state index in [0.29, 0.717) is 0 Å². The zero-order chi connectivity index (χ0) is 31.0. The average molecular weight is 675 g/mol. The van der Waals surface area contributed by atoms with Crippen LogP contribution in [-0.4, -0.2) is 146 Å². The minimum atomic E-state index is -5.64. The van der Waals surface area contributed by atoms with E-state index in [9.17, 15) is 63.4 Å². The molecule has 2 rings (SSSR count). The first-order chi connectivity index (χ1) is 17.9. The molecule has 10 N–H and O–H groups in total. The highest BCUT2D eigenvalue weighted by molar-refractivity contribution is 7.84. The SMILES string of the molecule is O=C(O)[C@@H]1O[C@@H](O)[C@H](NS(=O)(=O)O)[C@@H](O)[C@@H]1O[C@H]1O[C@H](COS(=O)(=O)O)[C@@H](O)[C@H](OS(=O)(=O)O)[C@H]1NS(=O)(=O)O. The highest BCUT2D eigenvalue weighted by Gasteiger charge is 2.55. The second-order valence-corrected chi connectivity index (χ2v) is 12.4. The van der Waals surface area contributed by atoms with Gasteiger partial charge in [-0.05, 0) is 0 Å². The monoisotopic (exact) mass is 674 g/mol. The summed E-state index contributed by atoms with van der Waals surface area (Å²) in [6.45, 7) is -1.43. The molecule has 2 aliphatic heterocycles. The Labute approximate surface area is 224 Å². The van der Waals surface area contributed by atoms with E-state index in [4.69, 9.17) is 23.1 Å². The van der Waals surface area contributed by atoms with E-state index < -0.39 is 115 Å². The lowest BCUT2D eigenvalue weighted by atomic mass is 9.95. The lowest BCUT2D eigenvalue weighted by molar-refractivity contribution is -0.319. The van der Waals surface area contributed by atoms with Gasteiger partial charge < -0.3 is 34.6 Å². The van der Waals surface area contributed by atoms with Gasteiger partial charge in [0.05, 0.1) is 6.61 Å². The lowest BCUT2D eigenvalue weighted by Gasteiger charge is -2.46. The number of aliphatic carboxylic acids is 1. The Morgan fingerprint density at radius 2 is 1.27 bits per heavy atom. The van der Waals surface area contributed by atoms with Crippen LogP contribution in [0.1, 0.15) is 0 Å². The van der Waals surface area contributed by atoms with Gasteiger partial charge in [-0.25, -0.2) is 13.2 Å². The Morgan fingerprint density at radius 3 is 1.73 bits per heavy atom. The number of carbonyl (C=O) groups is 1. The number of nitrogens with one attached hydrogen (secondary N) is 2. The van der Waals surface area contributed by atoms with Gasteiger partial charge in [0.1, 0.15) is 42.6 Å². The van der Waals surface area contributed by atoms with Crippen molar-refractivity contribution in [1.82, 2.24) is 9.44 Å². The predicted molar refractivity (Wildman–Crippen MR) is 115 cm³/mol. The quantitative estimate of drug-likeness (QED) is 0.0859. The molecule has 2 fully saturated rings. The van der Waals surface area contributed by atoms with Gasteiger partial charge in [0, 0.05) is 0 Å². The Kier molecular flexibility index (Phi) is 10.9. The van der Waals surface area contributed by atoms with Crippen LogP contribution in [0.15, 0.2) is 0 Å². The van der Waals surface area contributed by atoms with Crippen molar-refractivity contribution in [2.45, 2.75) is 61.3 Å². The van der Waals surface area contributed by atoms with Gasteiger partial charge in [-0.1, -0.05) is 0 Å². The maximum absolute atomic E-state index is 11.7.